The number of aryl methyl sites for hydroxylation is 1. The molecule has 0 amide bonds. The summed E-state index contributed by atoms with van der Waals surface area (Å²) < 4.78 is 75.7. The second-order valence-corrected chi connectivity index (χ2v) is 10.5. The lowest BCUT2D eigenvalue weighted by Crippen LogP contribution is -2.32. The molecule has 43 heavy (non-hydrogen) atoms. The van der Waals surface area contributed by atoms with Crippen LogP contribution in [0.25, 0.3) is 22.3 Å². The summed E-state index contributed by atoms with van der Waals surface area (Å²) >= 11 is 0. The Hall–Kier alpha value is -4.80. The number of fused-ring (bicyclic) bond motifs is 2. The number of H-pyrrole nitrogens is 2. The normalized spacial score (nSPS) is 16.1. The summed E-state index contributed by atoms with van der Waals surface area (Å²) in [5.74, 6) is -5.02. The van der Waals surface area contributed by atoms with Crippen LogP contribution in [0, 0.1) is 23.3 Å². The molecule has 0 saturated carbocycles. The number of hydrogen-bond donors (Lipinski definition) is 2. The van der Waals surface area contributed by atoms with Crippen LogP contribution < -0.4 is 9.47 Å². The second kappa shape index (κ2) is 11.1. The fourth-order valence-corrected chi connectivity index (χ4v) is 5.49. The van der Waals surface area contributed by atoms with Crippen molar-refractivity contribution in [1.82, 2.24) is 15.0 Å². The highest BCUT2D eigenvalue weighted by Gasteiger charge is 2.38. The first-order valence-corrected chi connectivity index (χ1v) is 13.8. The van der Waals surface area contributed by atoms with E-state index < -0.39 is 34.4 Å². The summed E-state index contributed by atoms with van der Waals surface area (Å²) in [6, 6.07) is 10.5. The molecule has 0 saturated heterocycles. The highest BCUT2D eigenvalue weighted by molar-refractivity contribution is 5.82. The van der Waals surface area contributed by atoms with E-state index in [0.29, 0.717) is 37.5 Å². The first-order valence-electron chi connectivity index (χ1n) is 13.8. The molecule has 6 rings (SSSR count). The molecular formula is C32H27F4N3O4. The van der Waals surface area contributed by atoms with E-state index in [1.807, 2.05) is 25.1 Å². The quantitative estimate of drug-likeness (QED) is 0.111. The molecule has 0 radical (unpaired) electrons. The van der Waals surface area contributed by atoms with Gasteiger partial charge in [0.1, 0.15) is 23.1 Å². The number of aromatic nitrogens is 3. The fraction of sp³-hybridized carbons (Fsp3) is 0.250. The summed E-state index contributed by atoms with van der Waals surface area (Å²) in [7, 11) is 0. The average molecular weight is 594 g/mol. The van der Waals surface area contributed by atoms with Gasteiger partial charge in [-0.25, -0.2) is 18.2 Å². The van der Waals surface area contributed by atoms with E-state index in [1.165, 1.54) is 24.4 Å². The van der Waals surface area contributed by atoms with Crippen LogP contribution in [0.2, 0.25) is 0 Å². The van der Waals surface area contributed by atoms with Gasteiger partial charge in [-0.05, 0) is 56.5 Å². The molecule has 0 fully saturated rings. The predicted octanol–water partition coefficient (Wildman–Crippen LogP) is 7.49. The number of carbonyl (C=O) groups is 1. The topological polar surface area (TPSA) is 89.2 Å². The number of esters is 1. The second-order valence-electron chi connectivity index (χ2n) is 10.5. The Morgan fingerprint density at radius 3 is 2.74 bits per heavy atom. The van der Waals surface area contributed by atoms with Crippen molar-refractivity contribution in [2.75, 3.05) is 13.2 Å². The highest BCUT2D eigenvalue weighted by atomic mass is 19.2. The summed E-state index contributed by atoms with van der Waals surface area (Å²) in [5.41, 5.74) is 1.55. The summed E-state index contributed by atoms with van der Waals surface area (Å²) in [6.45, 7) is 4.50. The van der Waals surface area contributed by atoms with Crippen molar-refractivity contribution in [2.45, 2.75) is 38.5 Å². The Balaban J connectivity index is 1.31. The van der Waals surface area contributed by atoms with Gasteiger partial charge >= 0.3 is 5.97 Å². The van der Waals surface area contributed by atoms with E-state index in [1.54, 1.807) is 13.1 Å². The smallest absolute Gasteiger partial charge is 0.306 e. The standard InChI is InChI=1S/C32H27F4N3O4/c1-3-41-24(40)10-7-17-5-4-6-21-29(17)42-14-12-32(21,2)23-16-38-31(39-23)20-15-18(8-9-22(20)33)43-30-25(34)19-11-13-37-28(19)26(35)27(30)36/h4-6,8-9,11,13,15-16,37H,3,7,10,12,14H2,1-2H3,(H,38,39)/t32-/m0/s1. The number of halogens is 4. The lowest BCUT2D eigenvalue weighted by Gasteiger charge is -2.36. The Kier molecular flexibility index (Phi) is 7.33. The number of imidazole rings is 1. The first kappa shape index (κ1) is 28.3. The molecule has 1 aliphatic rings. The lowest BCUT2D eigenvalue weighted by atomic mass is 9.74. The van der Waals surface area contributed by atoms with Crippen LogP contribution in [-0.4, -0.2) is 34.1 Å². The van der Waals surface area contributed by atoms with Crippen LogP contribution in [0.15, 0.2) is 54.9 Å². The van der Waals surface area contributed by atoms with Gasteiger partial charge in [0.15, 0.2) is 11.6 Å². The summed E-state index contributed by atoms with van der Waals surface area (Å²) in [4.78, 5) is 22.0. The monoisotopic (exact) mass is 593 g/mol. The van der Waals surface area contributed by atoms with Gasteiger partial charge in [-0.15, -0.1) is 0 Å². The van der Waals surface area contributed by atoms with Crippen molar-refractivity contribution in [3.05, 3.63) is 94.9 Å². The number of carbonyl (C=O) groups excluding carboxylic acids is 1. The lowest BCUT2D eigenvalue weighted by molar-refractivity contribution is -0.143. The molecular weight excluding hydrogens is 566 g/mol. The van der Waals surface area contributed by atoms with E-state index in [9.17, 15) is 18.0 Å². The number of nitrogens with zero attached hydrogens (tertiary/aromatic N) is 1. The third-order valence-electron chi connectivity index (χ3n) is 7.82. The molecule has 0 aliphatic carbocycles. The van der Waals surface area contributed by atoms with Crippen LogP contribution in [0.1, 0.15) is 43.5 Å². The van der Waals surface area contributed by atoms with E-state index in [-0.39, 0.29) is 40.4 Å². The van der Waals surface area contributed by atoms with E-state index in [4.69, 9.17) is 14.2 Å². The molecule has 222 valence electrons. The minimum absolute atomic E-state index is 0.00756. The Morgan fingerprint density at radius 2 is 1.93 bits per heavy atom. The largest absolute Gasteiger partial charge is 0.493 e. The minimum Gasteiger partial charge on any atom is -0.493 e. The predicted molar refractivity (Wildman–Crippen MR) is 150 cm³/mol. The van der Waals surface area contributed by atoms with Gasteiger partial charge in [-0.3, -0.25) is 4.79 Å². The van der Waals surface area contributed by atoms with Crippen molar-refractivity contribution < 1.29 is 36.6 Å². The molecule has 2 N–H and O–H groups in total. The first-order chi connectivity index (χ1) is 20.7. The number of ether oxygens (including phenoxy) is 3. The zero-order valence-electron chi connectivity index (χ0n) is 23.3. The zero-order chi connectivity index (χ0) is 30.3. The Labute approximate surface area is 243 Å². The Morgan fingerprint density at radius 1 is 1.09 bits per heavy atom. The molecule has 3 heterocycles. The number of hydrogen-bond acceptors (Lipinski definition) is 5. The SMILES string of the molecule is CCOC(=O)CCc1cccc2c1OCC[C@]2(C)c1cnc(-c2cc(Oc3c(F)c(F)c4[nH]ccc4c3F)ccc2F)[nH]1. The van der Waals surface area contributed by atoms with Crippen LogP contribution in [0.4, 0.5) is 17.6 Å². The molecule has 3 aromatic carbocycles. The molecule has 1 aliphatic heterocycles. The van der Waals surface area contributed by atoms with Gasteiger partial charge in [0, 0.05) is 40.9 Å². The maximum Gasteiger partial charge on any atom is 0.306 e. The number of benzene rings is 3. The van der Waals surface area contributed by atoms with Gasteiger partial charge in [0.25, 0.3) is 0 Å². The van der Waals surface area contributed by atoms with Gasteiger partial charge in [0.05, 0.1) is 24.3 Å². The maximum absolute atomic E-state index is 15.0. The van der Waals surface area contributed by atoms with Gasteiger partial charge < -0.3 is 24.2 Å². The number of aromatic amines is 2. The van der Waals surface area contributed by atoms with Gasteiger partial charge in [-0.1, -0.05) is 18.2 Å². The average Bonchev–Trinajstić information content (AvgIpc) is 3.70. The van der Waals surface area contributed by atoms with Gasteiger partial charge in [-0.2, -0.15) is 4.39 Å². The summed E-state index contributed by atoms with van der Waals surface area (Å²) in [5, 5.41) is -0.180. The zero-order valence-corrected chi connectivity index (χ0v) is 23.3. The molecule has 7 nitrogen and oxygen atoms in total. The molecule has 11 heteroatoms. The number of rotatable bonds is 8. The van der Waals surface area contributed by atoms with E-state index in [0.717, 1.165) is 17.2 Å². The van der Waals surface area contributed by atoms with E-state index in [2.05, 4.69) is 15.0 Å². The molecule has 1 atom stereocenters. The minimum atomic E-state index is -1.51. The van der Waals surface area contributed by atoms with Crippen molar-refractivity contribution in [3.63, 3.8) is 0 Å². The van der Waals surface area contributed by atoms with Gasteiger partial charge in [0.2, 0.25) is 11.6 Å². The van der Waals surface area contributed by atoms with Crippen LogP contribution in [0.5, 0.6) is 17.2 Å². The maximum atomic E-state index is 15.0. The van der Waals surface area contributed by atoms with Crippen molar-refractivity contribution >= 4 is 16.9 Å². The fourth-order valence-electron chi connectivity index (χ4n) is 5.49. The van der Waals surface area contributed by atoms with Crippen molar-refractivity contribution in [3.8, 4) is 28.6 Å². The number of para-hydroxylation sites is 1. The molecule has 0 unspecified atom stereocenters. The molecule has 5 aromatic rings. The van der Waals surface area contributed by atoms with Crippen molar-refractivity contribution in [2.24, 2.45) is 0 Å². The summed E-state index contributed by atoms with van der Waals surface area (Å²) in [6.07, 6.45) is 4.16. The Bertz CT molecular complexity index is 1850. The third kappa shape index (κ3) is 4.98. The molecule has 2 aromatic heterocycles. The van der Waals surface area contributed by atoms with E-state index >= 15 is 4.39 Å². The molecule has 0 bridgehead atoms. The third-order valence-corrected chi connectivity index (χ3v) is 7.82. The van der Waals surface area contributed by atoms with Crippen LogP contribution in [0.3, 0.4) is 0 Å². The van der Waals surface area contributed by atoms with Crippen molar-refractivity contribution in [1.29, 1.82) is 0 Å². The number of nitrogens with one attached hydrogen (secondary N) is 2. The van der Waals surface area contributed by atoms with Crippen LogP contribution >= 0.6 is 0 Å². The molecule has 0 spiro atoms. The highest BCUT2D eigenvalue weighted by Crippen LogP contribution is 2.45. The van der Waals surface area contributed by atoms with Crippen LogP contribution in [-0.2, 0) is 21.4 Å².